The number of aliphatic imine (C=N–C) groups is 1. The monoisotopic (exact) mass is 514 g/mol. The zero-order valence-corrected chi connectivity index (χ0v) is 19.6. The third-order valence-corrected chi connectivity index (χ3v) is 5.60. The number of pyridine rings is 1. The van der Waals surface area contributed by atoms with Gasteiger partial charge in [-0.25, -0.2) is 18.6 Å². The lowest BCUT2D eigenvalue weighted by molar-refractivity contribution is -0.136. The zero-order chi connectivity index (χ0) is 24.8. The number of amidine groups is 1. The zero-order valence-electron chi connectivity index (χ0n) is 18.1. The van der Waals surface area contributed by atoms with Crippen molar-refractivity contribution < 1.29 is 28.5 Å². The molecular weight excluding hydrogens is 493 g/mol. The van der Waals surface area contributed by atoms with Gasteiger partial charge in [-0.3, -0.25) is 9.89 Å². The minimum Gasteiger partial charge on any atom is -0.466 e. The number of ether oxygens (including phenoxy) is 1. The van der Waals surface area contributed by atoms with Crippen molar-refractivity contribution in [3.63, 3.8) is 0 Å². The topological polar surface area (TPSA) is 107 Å². The van der Waals surface area contributed by atoms with E-state index in [9.17, 15) is 23.8 Å². The molecule has 3 N–H and O–H groups in total. The Morgan fingerprint density at radius 1 is 1.21 bits per heavy atom. The summed E-state index contributed by atoms with van der Waals surface area (Å²) in [5.74, 6) is -2.61. The molecule has 1 atom stereocenters. The third-order valence-electron chi connectivity index (χ3n) is 5.03. The number of halogens is 4. The quantitative estimate of drug-likeness (QED) is 0.441. The molecule has 0 aliphatic carbocycles. The molecule has 0 fully saturated rings. The second-order valence-corrected chi connectivity index (χ2v) is 8.11. The van der Waals surface area contributed by atoms with Crippen molar-refractivity contribution in [2.45, 2.75) is 6.04 Å². The molecule has 2 aromatic rings. The van der Waals surface area contributed by atoms with Gasteiger partial charge in [0.1, 0.15) is 17.6 Å². The molecule has 1 aromatic heterocycles. The smallest absolute Gasteiger partial charge is 0.338 e. The standard InChI is InChI=1S/C22H22Cl2F2N4O4/c1-34-22(33)18-17(11-30(4-6-31)5-7-32)28-21(20-16(26)9-13(25)10-27-20)29-19(18)14-3-2-12(23)8-15(14)24/h2-3,8-10,19,31-32H,4-7,11H2,1H3,(H,28,29). The van der Waals surface area contributed by atoms with Crippen molar-refractivity contribution >= 4 is 35.0 Å². The Hall–Kier alpha value is -2.63. The second kappa shape index (κ2) is 11.7. The molecule has 12 heteroatoms. The molecule has 1 unspecified atom stereocenters. The van der Waals surface area contributed by atoms with E-state index in [0.717, 1.165) is 6.20 Å². The molecule has 8 nitrogen and oxygen atoms in total. The van der Waals surface area contributed by atoms with Crippen molar-refractivity contribution in [3.8, 4) is 0 Å². The molecule has 0 saturated heterocycles. The van der Waals surface area contributed by atoms with Gasteiger partial charge in [0.15, 0.2) is 11.7 Å². The van der Waals surface area contributed by atoms with E-state index < -0.39 is 23.6 Å². The van der Waals surface area contributed by atoms with Crippen LogP contribution in [-0.2, 0) is 9.53 Å². The van der Waals surface area contributed by atoms with Gasteiger partial charge in [-0.15, -0.1) is 0 Å². The first-order valence-electron chi connectivity index (χ1n) is 10.2. The Bertz CT molecular complexity index is 1120. The van der Waals surface area contributed by atoms with E-state index in [4.69, 9.17) is 27.9 Å². The Labute approximate surface area is 204 Å². The fourth-order valence-electron chi connectivity index (χ4n) is 3.50. The maximum atomic E-state index is 14.6. The predicted octanol–water partition coefficient (Wildman–Crippen LogP) is 2.47. The molecule has 3 rings (SSSR count). The maximum absolute atomic E-state index is 14.6. The summed E-state index contributed by atoms with van der Waals surface area (Å²) >= 11 is 12.4. The minimum absolute atomic E-state index is 0.0368. The SMILES string of the molecule is COC(=O)C1=C(CN(CCO)CCO)NC(c2ncc(F)cc2F)=NC1c1ccc(Cl)cc1Cl. The summed E-state index contributed by atoms with van der Waals surface area (Å²) in [6, 6.07) is 4.25. The highest BCUT2D eigenvalue weighted by atomic mass is 35.5. The molecule has 0 spiro atoms. The van der Waals surface area contributed by atoms with Crippen molar-refractivity contribution in [1.82, 2.24) is 15.2 Å². The van der Waals surface area contributed by atoms with Crippen molar-refractivity contribution in [3.05, 3.63) is 74.7 Å². The van der Waals surface area contributed by atoms with Crippen LogP contribution in [0.25, 0.3) is 0 Å². The fourth-order valence-corrected chi connectivity index (χ4v) is 4.02. The molecule has 1 aliphatic rings. The molecule has 34 heavy (non-hydrogen) atoms. The number of carbonyl (C=O) groups excluding carboxylic acids is 1. The molecule has 1 aliphatic heterocycles. The highest BCUT2D eigenvalue weighted by molar-refractivity contribution is 6.35. The Morgan fingerprint density at radius 3 is 2.50 bits per heavy atom. The highest BCUT2D eigenvalue weighted by Crippen LogP contribution is 2.37. The average molecular weight is 515 g/mol. The van der Waals surface area contributed by atoms with Gasteiger partial charge in [0, 0.05) is 47.0 Å². The number of nitrogens with zero attached hydrogens (tertiary/aromatic N) is 3. The van der Waals surface area contributed by atoms with Crippen LogP contribution in [0.4, 0.5) is 8.78 Å². The largest absolute Gasteiger partial charge is 0.466 e. The van der Waals surface area contributed by atoms with Crippen molar-refractivity contribution in [2.24, 2.45) is 4.99 Å². The van der Waals surface area contributed by atoms with Crippen LogP contribution in [0.15, 0.2) is 46.7 Å². The van der Waals surface area contributed by atoms with Crippen LogP contribution in [0.3, 0.4) is 0 Å². The first-order chi connectivity index (χ1) is 16.3. The summed E-state index contributed by atoms with van der Waals surface area (Å²) in [7, 11) is 1.20. The predicted molar refractivity (Wildman–Crippen MR) is 123 cm³/mol. The lowest BCUT2D eigenvalue weighted by Gasteiger charge is -2.30. The van der Waals surface area contributed by atoms with Gasteiger partial charge in [0.25, 0.3) is 0 Å². The second-order valence-electron chi connectivity index (χ2n) is 7.26. The van der Waals surface area contributed by atoms with Crippen LogP contribution < -0.4 is 5.32 Å². The minimum atomic E-state index is -1.04. The van der Waals surface area contributed by atoms with E-state index in [1.54, 1.807) is 17.0 Å². The normalized spacial score (nSPS) is 15.9. The number of nitrogens with one attached hydrogen (secondary N) is 1. The van der Waals surface area contributed by atoms with Crippen LogP contribution in [0.2, 0.25) is 10.0 Å². The Balaban J connectivity index is 2.20. The van der Waals surface area contributed by atoms with Gasteiger partial charge >= 0.3 is 5.97 Å². The molecule has 182 valence electrons. The summed E-state index contributed by atoms with van der Waals surface area (Å²) in [5.41, 5.74) is 0.467. The van der Waals surface area contributed by atoms with Gasteiger partial charge in [-0.2, -0.15) is 0 Å². The molecule has 0 bridgehead atoms. The number of benzene rings is 1. The average Bonchev–Trinajstić information content (AvgIpc) is 2.78. The van der Waals surface area contributed by atoms with Crippen LogP contribution in [0.1, 0.15) is 17.3 Å². The van der Waals surface area contributed by atoms with Gasteiger partial charge in [0.05, 0.1) is 32.1 Å². The fraction of sp³-hybridized carbons (Fsp3) is 0.318. The molecule has 0 saturated carbocycles. The van der Waals surface area contributed by atoms with E-state index in [0.29, 0.717) is 16.7 Å². The van der Waals surface area contributed by atoms with Crippen LogP contribution >= 0.6 is 23.2 Å². The Morgan fingerprint density at radius 2 is 1.91 bits per heavy atom. The first kappa shape index (κ1) is 26.0. The summed E-state index contributed by atoms with van der Waals surface area (Å²) in [6.07, 6.45) is 0.843. The maximum Gasteiger partial charge on any atom is 0.338 e. The number of rotatable bonds is 9. The number of esters is 1. The Kier molecular flexibility index (Phi) is 8.92. The van der Waals surface area contributed by atoms with Crippen LogP contribution in [0.5, 0.6) is 0 Å². The van der Waals surface area contributed by atoms with Crippen molar-refractivity contribution in [2.75, 3.05) is 40.0 Å². The van der Waals surface area contributed by atoms with Gasteiger partial charge in [-0.1, -0.05) is 29.3 Å². The van der Waals surface area contributed by atoms with E-state index in [1.807, 2.05) is 0 Å². The molecule has 1 aromatic carbocycles. The molecule has 0 amide bonds. The summed E-state index contributed by atoms with van der Waals surface area (Å²) in [4.78, 5) is 22.8. The number of carbonyl (C=O) groups is 1. The van der Waals surface area contributed by atoms with Crippen LogP contribution in [-0.4, -0.2) is 71.9 Å². The summed E-state index contributed by atoms with van der Waals surface area (Å²) < 4.78 is 33.0. The van der Waals surface area contributed by atoms with E-state index in [-0.39, 0.29) is 60.7 Å². The third kappa shape index (κ3) is 5.89. The number of hydrogen-bond donors (Lipinski definition) is 3. The first-order valence-corrected chi connectivity index (χ1v) is 10.9. The molecule has 2 heterocycles. The highest BCUT2D eigenvalue weighted by Gasteiger charge is 2.34. The lowest BCUT2D eigenvalue weighted by Crippen LogP contribution is -2.41. The van der Waals surface area contributed by atoms with Crippen molar-refractivity contribution in [1.29, 1.82) is 0 Å². The van der Waals surface area contributed by atoms with E-state index in [2.05, 4.69) is 15.3 Å². The van der Waals surface area contributed by atoms with Gasteiger partial charge < -0.3 is 20.3 Å². The van der Waals surface area contributed by atoms with E-state index in [1.165, 1.54) is 13.2 Å². The number of hydrogen-bond acceptors (Lipinski definition) is 8. The number of aromatic nitrogens is 1. The van der Waals surface area contributed by atoms with Gasteiger partial charge in [0.2, 0.25) is 0 Å². The van der Waals surface area contributed by atoms with E-state index >= 15 is 0 Å². The number of aliphatic hydroxyl groups is 2. The summed E-state index contributed by atoms with van der Waals surface area (Å²) in [6.45, 7) is -0.00969. The van der Waals surface area contributed by atoms with Gasteiger partial charge in [-0.05, 0) is 12.1 Å². The lowest BCUT2D eigenvalue weighted by atomic mass is 9.95. The van der Waals surface area contributed by atoms with Crippen LogP contribution in [0, 0.1) is 11.6 Å². The molecular formula is C22H22Cl2F2N4O4. The molecule has 0 radical (unpaired) electrons. The number of aliphatic hydroxyl groups excluding tert-OH is 2. The summed E-state index contributed by atoms with van der Waals surface area (Å²) in [5, 5.41) is 22.3. The number of methoxy groups -OCH3 is 1.